The number of ether oxygens (including phenoxy) is 1. The first-order chi connectivity index (χ1) is 11.9. The van der Waals surface area contributed by atoms with Gasteiger partial charge in [-0.25, -0.2) is 11.2 Å². The predicted molar refractivity (Wildman–Crippen MR) is 94.8 cm³/mol. The third-order valence-corrected chi connectivity index (χ3v) is 4.50. The van der Waals surface area contributed by atoms with Crippen molar-refractivity contribution >= 4 is 8.53 Å². The summed E-state index contributed by atoms with van der Waals surface area (Å²) in [5, 5.41) is 3.50. The second-order valence-electron chi connectivity index (χ2n) is 4.95. The normalized spacial score (nSPS) is 14.3. The van der Waals surface area contributed by atoms with E-state index in [0.29, 0.717) is 13.2 Å². The van der Waals surface area contributed by atoms with Gasteiger partial charge in [-0.15, -0.1) is 6.42 Å². The molecule has 0 aromatic rings. The van der Waals surface area contributed by atoms with Crippen LogP contribution in [-0.2, 0) is 13.8 Å². The molecule has 2 atom stereocenters. The van der Waals surface area contributed by atoms with Crippen LogP contribution in [0.15, 0.2) is 0 Å². The molecule has 0 radical (unpaired) electrons. The van der Waals surface area contributed by atoms with Crippen molar-refractivity contribution in [3.8, 4) is 12.3 Å². The Hall–Kier alpha value is -0.720. The Morgan fingerprint density at radius 2 is 2.04 bits per heavy atom. The number of nitrogens with zero attached hydrogens (tertiary/aromatic N) is 2. The van der Waals surface area contributed by atoms with Crippen molar-refractivity contribution in [2.45, 2.75) is 52.8 Å². The van der Waals surface area contributed by atoms with Crippen LogP contribution in [0.3, 0.4) is 0 Å². The number of aliphatic hydroxyl groups is 1. The van der Waals surface area contributed by atoms with E-state index in [2.05, 4.69) is 48.2 Å². The maximum Gasteiger partial charge on any atom is 0.259 e. The van der Waals surface area contributed by atoms with Gasteiger partial charge in [-0.2, -0.15) is 0 Å². The lowest BCUT2D eigenvalue weighted by Crippen LogP contribution is -2.34. The quantitative estimate of drug-likeness (QED) is 0.269. The summed E-state index contributed by atoms with van der Waals surface area (Å²) in [6.07, 6.45) is 4.79. The van der Waals surface area contributed by atoms with Crippen molar-refractivity contribution < 1.29 is 20.3 Å². The zero-order chi connectivity index (χ0) is 19.7. The average Bonchev–Trinajstić information content (AvgIpc) is 2.54. The first kappa shape index (κ1) is 20.3. The Bertz CT molecular complexity index is 381. The summed E-state index contributed by atoms with van der Waals surface area (Å²) in [5.74, 6) is 2.39. The Morgan fingerprint density at radius 1 is 1.43 bits per heavy atom. The second kappa shape index (κ2) is 16.1. The number of terminal acetylenes is 1. The second-order valence-corrected chi connectivity index (χ2v) is 6.41. The van der Waals surface area contributed by atoms with Gasteiger partial charge in [0.05, 0.1) is 12.7 Å². The highest BCUT2D eigenvalue weighted by atomic mass is 31.2. The summed E-state index contributed by atoms with van der Waals surface area (Å²) >= 11 is 0. The summed E-state index contributed by atoms with van der Waals surface area (Å²) in [5.41, 5.74) is 0. The van der Waals surface area contributed by atoms with Gasteiger partial charge in [-0.05, 0) is 34.6 Å². The van der Waals surface area contributed by atoms with E-state index in [9.17, 15) is 0 Å². The van der Waals surface area contributed by atoms with Crippen LogP contribution in [0.5, 0.6) is 0 Å². The highest BCUT2D eigenvalue weighted by molar-refractivity contribution is 7.44. The van der Waals surface area contributed by atoms with E-state index in [0.717, 1.165) is 0 Å². The molecule has 134 valence electrons. The molecule has 23 heavy (non-hydrogen) atoms. The summed E-state index contributed by atoms with van der Waals surface area (Å²) < 4.78 is 32.3. The standard InChI is InChI=1S/C15H27N2O3P.CH4O/c1-8-10-18-15(6)12-20-21(19-11-9-16-7)17(13(2)3)14(4)5;1-2/h1,13-15H,9-12H2,2-6H3;2H,1H3/t15-,21?;/m0./s1/i6D;2T. The molecule has 0 amide bonds. The molecule has 1 unspecified atom stereocenters. The molecular formula is C16H31N2O4P. The van der Waals surface area contributed by atoms with Crippen LogP contribution in [0.25, 0.3) is 4.85 Å². The molecule has 1 N–H and O–H groups in total. The summed E-state index contributed by atoms with van der Waals surface area (Å²) in [6.45, 7) is 16.3. The highest BCUT2D eigenvalue weighted by Gasteiger charge is 2.27. The maximum atomic E-state index is 7.47. The summed E-state index contributed by atoms with van der Waals surface area (Å²) in [6, 6.07) is 0.500. The molecule has 0 aromatic carbocycles. The molecule has 0 fully saturated rings. The molecule has 0 aliphatic rings. The molecule has 0 heterocycles. The molecule has 0 rings (SSSR count). The zero-order valence-corrected chi connectivity index (χ0v) is 15.7. The molecule has 0 spiro atoms. The van der Waals surface area contributed by atoms with Gasteiger partial charge in [-0.1, -0.05) is 5.92 Å². The number of hydrogen-bond donors (Lipinski definition) is 1. The topological polar surface area (TPSA) is 55.5 Å². The van der Waals surface area contributed by atoms with Crippen molar-refractivity contribution in [2.75, 3.05) is 33.5 Å². The van der Waals surface area contributed by atoms with Gasteiger partial charge in [0.25, 0.3) is 8.53 Å². The van der Waals surface area contributed by atoms with Gasteiger partial charge < -0.3 is 23.7 Å². The fourth-order valence-corrected chi connectivity index (χ4v) is 3.30. The van der Waals surface area contributed by atoms with E-state index >= 15 is 0 Å². The Kier molecular flexibility index (Phi) is 14.3. The van der Waals surface area contributed by atoms with E-state index in [4.69, 9.17) is 29.6 Å². The molecule has 0 saturated heterocycles. The lowest BCUT2D eigenvalue weighted by molar-refractivity contribution is 0.0443. The van der Waals surface area contributed by atoms with Gasteiger partial charge in [0.2, 0.25) is 7.98 Å². The van der Waals surface area contributed by atoms with E-state index in [-0.39, 0.29) is 38.3 Å². The van der Waals surface area contributed by atoms with Crippen LogP contribution in [0.1, 0.15) is 36.0 Å². The van der Waals surface area contributed by atoms with Crippen LogP contribution in [0.4, 0.5) is 0 Å². The van der Waals surface area contributed by atoms with Crippen molar-refractivity contribution in [3.63, 3.8) is 0 Å². The monoisotopic (exact) mass is 349 g/mol. The van der Waals surface area contributed by atoms with E-state index in [1.165, 1.54) is 7.11 Å². The minimum atomic E-state index is -1.29. The molecular weight excluding hydrogens is 315 g/mol. The van der Waals surface area contributed by atoms with Crippen LogP contribution < -0.4 is 0 Å². The molecule has 0 aliphatic carbocycles. The van der Waals surface area contributed by atoms with Gasteiger partial charge in [0.15, 0.2) is 0 Å². The van der Waals surface area contributed by atoms with Gasteiger partial charge in [0.1, 0.15) is 13.2 Å². The Morgan fingerprint density at radius 3 is 2.48 bits per heavy atom. The largest absolute Gasteiger partial charge is 0.400 e. The van der Waals surface area contributed by atoms with Crippen molar-refractivity contribution in [3.05, 3.63) is 11.4 Å². The maximum absolute atomic E-state index is 7.47. The number of hydrogen-bond acceptors (Lipinski definition) is 5. The summed E-state index contributed by atoms with van der Waals surface area (Å²) in [7, 11) is -0.00114. The third-order valence-electron chi connectivity index (χ3n) is 2.42. The number of rotatable bonds is 11. The third kappa shape index (κ3) is 12.4. The van der Waals surface area contributed by atoms with Crippen molar-refractivity contribution in [1.82, 2.24) is 4.67 Å². The van der Waals surface area contributed by atoms with Crippen LogP contribution in [-0.4, -0.2) is 62.9 Å². The van der Waals surface area contributed by atoms with Crippen molar-refractivity contribution in [2.24, 2.45) is 0 Å². The average molecular weight is 349 g/mol. The van der Waals surface area contributed by atoms with Gasteiger partial charge in [-0.3, -0.25) is 0 Å². The van der Waals surface area contributed by atoms with Crippen molar-refractivity contribution in [1.29, 1.82) is 1.43 Å². The molecule has 6 nitrogen and oxygen atoms in total. The van der Waals surface area contributed by atoms with E-state index in [1.807, 2.05) is 0 Å². The summed E-state index contributed by atoms with van der Waals surface area (Å²) in [4.78, 5) is 3.29. The fourth-order valence-electron chi connectivity index (χ4n) is 1.67. The van der Waals surface area contributed by atoms with Crippen LogP contribution in [0, 0.1) is 18.9 Å². The number of aliphatic hydroxyl groups excluding tert-OH is 1. The smallest absolute Gasteiger partial charge is 0.259 e. The molecule has 7 heteroatoms. The van der Waals surface area contributed by atoms with Gasteiger partial charge >= 0.3 is 0 Å². The van der Waals surface area contributed by atoms with Crippen LogP contribution in [0.2, 0.25) is 0 Å². The molecule has 0 bridgehead atoms. The Balaban J connectivity index is 0. The first-order valence-electron chi connectivity index (χ1n) is 8.51. The molecule has 0 aliphatic heterocycles. The lowest BCUT2D eigenvalue weighted by atomic mass is 10.3. The van der Waals surface area contributed by atoms with E-state index < -0.39 is 8.53 Å². The fraction of sp³-hybridized carbons (Fsp3) is 0.812. The highest BCUT2D eigenvalue weighted by Crippen LogP contribution is 2.45. The minimum absolute atomic E-state index is 0.0796. The lowest BCUT2D eigenvalue weighted by Gasteiger charge is -2.35. The van der Waals surface area contributed by atoms with E-state index in [1.54, 1.807) is 0 Å². The van der Waals surface area contributed by atoms with Gasteiger partial charge in [0, 0.05) is 20.6 Å². The predicted octanol–water partition coefficient (Wildman–Crippen LogP) is 2.93. The van der Waals surface area contributed by atoms with Crippen LogP contribution >= 0.6 is 8.53 Å². The zero-order valence-electron chi connectivity index (χ0n) is 16.8. The minimum Gasteiger partial charge on any atom is -0.400 e. The first-order valence-corrected chi connectivity index (χ1v) is 8.53. The SMILES string of the molecule is [2H]C[C@@H](COP(OCC[N+]#[C-])N(C(C)C)C(C)C)OCC#C.[3H]OC. The molecule has 0 saturated carbocycles. The Labute approximate surface area is 145 Å². The molecule has 0 aromatic heterocycles.